The molecule has 1 aromatic heterocycles. The van der Waals surface area contributed by atoms with E-state index in [1.807, 2.05) is 13.0 Å². The van der Waals surface area contributed by atoms with Crippen LogP contribution in [0.25, 0.3) is 0 Å². The highest BCUT2D eigenvalue weighted by molar-refractivity contribution is 7.91. The third-order valence-electron chi connectivity index (χ3n) is 3.16. The highest BCUT2D eigenvalue weighted by Gasteiger charge is 2.19. The van der Waals surface area contributed by atoms with Crippen LogP contribution in [-0.4, -0.2) is 25.2 Å². The molecular weight excluding hydrogens is 298 g/mol. The second-order valence-electron chi connectivity index (χ2n) is 5.15. The first-order chi connectivity index (χ1) is 10.4. The molecule has 1 atom stereocenters. The van der Waals surface area contributed by atoms with Crippen LogP contribution in [0.3, 0.4) is 0 Å². The minimum atomic E-state index is -3.39. The van der Waals surface area contributed by atoms with Gasteiger partial charge < -0.3 is 5.32 Å². The number of nitriles is 1. The predicted molar refractivity (Wildman–Crippen MR) is 85.3 cm³/mol. The first-order valence-electron chi connectivity index (χ1n) is 6.83. The van der Waals surface area contributed by atoms with Gasteiger partial charge in [0.1, 0.15) is 11.9 Å². The van der Waals surface area contributed by atoms with E-state index in [2.05, 4.69) is 10.3 Å². The lowest BCUT2D eigenvalue weighted by Gasteiger charge is -2.15. The van der Waals surface area contributed by atoms with Crippen LogP contribution < -0.4 is 5.32 Å². The molecule has 1 aromatic carbocycles. The largest absolute Gasteiger partial charge is 0.365 e. The van der Waals surface area contributed by atoms with E-state index in [9.17, 15) is 8.42 Å². The lowest BCUT2D eigenvalue weighted by molar-refractivity contribution is 0.592. The van der Waals surface area contributed by atoms with Crippen molar-refractivity contribution in [3.8, 4) is 6.07 Å². The fraction of sp³-hybridized carbons (Fsp3) is 0.250. The zero-order valence-electron chi connectivity index (χ0n) is 12.4. The molecule has 2 rings (SSSR count). The molecule has 6 heteroatoms. The Morgan fingerprint density at radius 3 is 2.59 bits per heavy atom. The average molecular weight is 315 g/mol. The smallest absolute Gasteiger partial charge is 0.180 e. The molecular formula is C16H17N3O2S. The van der Waals surface area contributed by atoms with Gasteiger partial charge in [-0.15, -0.1) is 0 Å². The van der Waals surface area contributed by atoms with Crippen molar-refractivity contribution >= 4 is 15.7 Å². The Balaban J connectivity index is 2.13. The van der Waals surface area contributed by atoms with Gasteiger partial charge in [0, 0.05) is 12.2 Å². The van der Waals surface area contributed by atoms with E-state index in [0.717, 1.165) is 5.56 Å². The minimum Gasteiger partial charge on any atom is -0.365 e. The molecule has 0 amide bonds. The molecule has 0 saturated heterocycles. The van der Waals surface area contributed by atoms with Gasteiger partial charge in [-0.25, -0.2) is 13.4 Å². The molecule has 2 aromatic rings. The van der Waals surface area contributed by atoms with E-state index in [0.29, 0.717) is 16.3 Å². The van der Waals surface area contributed by atoms with Gasteiger partial charge in [0.2, 0.25) is 0 Å². The van der Waals surface area contributed by atoms with Gasteiger partial charge in [0.25, 0.3) is 0 Å². The van der Waals surface area contributed by atoms with Crippen molar-refractivity contribution in [3.05, 3.63) is 53.7 Å². The number of benzene rings is 1. The van der Waals surface area contributed by atoms with Crippen LogP contribution in [0.1, 0.15) is 18.1 Å². The zero-order valence-corrected chi connectivity index (χ0v) is 13.3. The number of nitrogens with zero attached hydrogens (tertiary/aromatic N) is 2. The van der Waals surface area contributed by atoms with Gasteiger partial charge in [-0.1, -0.05) is 17.7 Å². The second kappa shape index (κ2) is 6.58. The molecule has 0 aliphatic rings. The minimum absolute atomic E-state index is 0.0719. The molecule has 1 heterocycles. The van der Waals surface area contributed by atoms with Gasteiger partial charge in [-0.05, 0) is 38.1 Å². The Kier molecular flexibility index (Phi) is 4.78. The van der Waals surface area contributed by atoms with Crippen LogP contribution in [0.4, 0.5) is 5.82 Å². The Hall–Kier alpha value is -2.39. The van der Waals surface area contributed by atoms with Crippen molar-refractivity contribution in [3.63, 3.8) is 0 Å². The molecule has 114 valence electrons. The number of sulfone groups is 1. The monoisotopic (exact) mass is 315 g/mol. The number of rotatable bonds is 5. The summed E-state index contributed by atoms with van der Waals surface area (Å²) in [7, 11) is -3.39. The molecule has 0 bridgehead atoms. The Morgan fingerprint density at radius 1 is 1.27 bits per heavy atom. The summed E-state index contributed by atoms with van der Waals surface area (Å²) >= 11 is 0. The molecule has 0 aliphatic carbocycles. The molecule has 22 heavy (non-hydrogen) atoms. The molecule has 1 N–H and O–H groups in total. The highest BCUT2D eigenvalue weighted by Crippen LogP contribution is 2.16. The van der Waals surface area contributed by atoms with E-state index in [-0.39, 0.29) is 11.8 Å². The van der Waals surface area contributed by atoms with E-state index >= 15 is 0 Å². The summed E-state index contributed by atoms with van der Waals surface area (Å²) in [5.41, 5.74) is 1.40. The summed E-state index contributed by atoms with van der Waals surface area (Å²) in [5, 5.41) is 12.0. The topological polar surface area (TPSA) is 82.8 Å². The molecule has 0 fully saturated rings. The number of aromatic nitrogens is 1. The van der Waals surface area contributed by atoms with Gasteiger partial charge in [-0.3, -0.25) is 0 Å². The molecule has 0 radical (unpaired) electrons. The molecule has 0 unspecified atom stereocenters. The van der Waals surface area contributed by atoms with Crippen LogP contribution in [0.15, 0.2) is 47.5 Å². The van der Waals surface area contributed by atoms with Crippen LogP contribution in [0.5, 0.6) is 0 Å². The summed E-state index contributed by atoms with van der Waals surface area (Å²) in [6.07, 6.45) is 1.56. The molecule has 0 aliphatic heterocycles. The lowest BCUT2D eigenvalue weighted by atomic mass is 10.2. The van der Waals surface area contributed by atoms with Crippen molar-refractivity contribution in [1.29, 1.82) is 5.26 Å². The quantitative estimate of drug-likeness (QED) is 0.916. The van der Waals surface area contributed by atoms with Crippen LogP contribution >= 0.6 is 0 Å². The van der Waals surface area contributed by atoms with E-state index < -0.39 is 9.84 Å². The van der Waals surface area contributed by atoms with Crippen molar-refractivity contribution < 1.29 is 8.42 Å². The Bertz CT molecular complexity index is 793. The summed E-state index contributed by atoms with van der Waals surface area (Å²) < 4.78 is 24.7. The lowest BCUT2D eigenvalue weighted by Crippen LogP contribution is -2.26. The van der Waals surface area contributed by atoms with Gasteiger partial charge in [-0.2, -0.15) is 5.26 Å². The van der Waals surface area contributed by atoms with Crippen LogP contribution in [0, 0.1) is 18.3 Å². The van der Waals surface area contributed by atoms with Crippen LogP contribution in [0.2, 0.25) is 0 Å². The Labute approximate surface area is 130 Å². The van der Waals surface area contributed by atoms with Gasteiger partial charge in [0.05, 0.1) is 16.2 Å². The number of aryl methyl sites for hydroxylation is 1. The maximum absolute atomic E-state index is 12.4. The highest BCUT2D eigenvalue weighted by atomic mass is 32.2. The fourth-order valence-electron chi connectivity index (χ4n) is 2.06. The molecule has 0 spiro atoms. The van der Waals surface area contributed by atoms with Crippen molar-refractivity contribution in [1.82, 2.24) is 4.98 Å². The molecule has 5 nitrogen and oxygen atoms in total. The normalized spacial score (nSPS) is 12.4. The maximum Gasteiger partial charge on any atom is 0.180 e. The summed E-state index contributed by atoms with van der Waals surface area (Å²) in [6.45, 7) is 3.66. The standard InChI is InChI=1S/C16H17N3O2S/c1-12-5-7-15(8-6-12)22(20,21)11-13(2)19-16-14(10-17)4-3-9-18-16/h3-9,13H,11H2,1-2H3,(H,18,19)/t13-/m1/s1. The summed E-state index contributed by atoms with van der Waals surface area (Å²) in [4.78, 5) is 4.37. The summed E-state index contributed by atoms with van der Waals surface area (Å²) in [5.74, 6) is 0.328. The average Bonchev–Trinajstić information content (AvgIpc) is 2.47. The summed E-state index contributed by atoms with van der Waals surface area (Å²) in [6, 6.07) is 11.7. The number of pyridine rings is 1. The number of hydrogen-bond donors (Lipinski definition) is 1. The predicted octanol–water partition coefficient (Wildman–Crippen LogP) is 2.54. The van der Waals surface area contributed by atoms with E-state index in [1.54, 1.807) is 49.5 Å². The second-order valence-corrected chi connectivity index (χ2v) is 7.19. The van der Waals surface area contributed by atoms with E-state index in [1.165, 1.54) is 0 Å². The third kappa shape index (κ3) is 3.83. The number of hydrogen-bond acceptors (Lipinski definition) is 5. The van der Waals surface area contributed by atoms with Crippen molar-refractivity contribution in [2.75, 3.05) is 11.1 Å². The first-order valence-corrected chi connectivity index (χ1v) is 8.48. The van der Waals surface area contributed by atoms with Crippen LogP contribution in [-0.2, 0) is 9.84 Å². The number of nitrogens with one attached hydrogen (secondary N) is 1. The zero-order chi connectivity index (χ0) is 16.2. The van der Waals surface area contributed by atoms with Crippen molar-refractivity contribution in [2.45, 2.75) is 24.8 Å². The van der Waals surface area contributed by atoms with E-state index in [4.69, 9.17) is 5.26 Å². The number of anilines is 1. The maximum atomic E-state index is 12.4. The molecule has 0 saturated carbocycles. The Morgan fingerprint density at radius 2 is 1.95 bits per heavy atom. The fourth-order valence-corrected chi connectivity index (χ4v) is 3.54. The first kappa shape index (κ1) is 16.0. The van der Waals surface area contributed by atoms with Crippen molar-refractivity contribution in [2.24, 2.45) is 0 Å². The SMILES string of the molecule is Cc1ccc(S(=O)(=O)C[C@@H](C)Nc2ncccc2C#N)cc1. The van der Waals surface area contributed by atoms with Gasteiger partial charge in [0.15, 0.2) is 9.84 Å². The third-order valence-corrected chi connectivity index (χ3v) is 5.09. The van der Waals surface area contributed by atoms with Gasteiger partial charge >= 0.3 is 0 Å².